The molecule has 1 aromatic rings. The lowest BCUT2D eigenvalue weighted by atomic mass is 10.1. The lowest BCUT2D eigenvalue weighted by Crippen LogP contribution is -2.40. The van der Waals surface area contributed by atoms with Gasteiger partial charge in [0.1, 0.15) is 5.82 Å². The quantitative estimate of drug-likeness (QED) is 0.891. The highest BCUT2D eigenvalue weighted by molar-refractivity contribution is 5.96. The van der Waals surface area contributed by atoms with Gasteiger partial charge in [0, 0.05) is 18.2 Å². The molecule has 0 aliphatic heterocycles. The standard InChI is InChI=1S/C14H18FNO3/c1-4-16(10(3)8-13(17)18)14(19)12-6-5-11(15)7-9(12)2/h5-7,10H,4,8H2,1-3H3,(H,17,18). The van der Waals surface area contributed by atoms with Crippen LogP contribution in [0.5, 0.6) is 0 Å². The van der Waals surface area contributed by atoms with Gasteiger partial charge in [0.2, 0.25) is 0 Å². The molecule has 0 radical (unpaired) electrons. The summed E-state index contributed by atoms with van der Waals surface area (Å²) in [6, 6.07) is 3.56. The zero-order chi connectivity index (χ0) is 14.6. The van der Waals surface area contributed by atoms with Gasteiger partial charge >= 0.3 is 5.97 Å². The Balaban J connectivity index is 2.98. The molecule has 0 saturated carbocycles. The normalized spacial score (nSPS) is 12.0. The Kier molecular flexibility index (Phi) is 5.03. The SMILES string of the molecule is CCN(C(=O)c1ccc(F)cc1C)C(C)CC(=O)O. The molecular weight excluding hydrogens is 249 g/mol. The smallest absolute Gasteiger partial charge is 0.305 e. The van der Waals surface area contributed by atoms with Gasteiger partial charge in [-0.1, -0.05) is 0 Å². The summed E-state index contributed by atoms with van der Waals surface area (Å²) < 4.78 is 13.0. The molecule has 0 aromatic heterocycles. The number of carboxylic acid groups (broad SMARTS) is 1. The van der Waals surface area contributed by atoms with Gasteiger partial charge in [0.25, 0.3) is 5.91 Å². The molecule has 1 aromatic carbocycles. The highest BCUT2D eigenvalue weighted by Crippen LogP contribution is 2.15. The van der Waals surface area contributed by atoms with E-state index in [1.165, 1.54) is 23.1 Å². The Morgan fingerprint density at radius 1 is 1.42 bits per heavy atom. The number of carbonyl (C=O) groups excluding carboxylic acids is 1. The fourth-order valence-corrected chi connectivity index (χ4v) is 2.04. The van der Waals surface area contributed by atoms with Crippen molar-refractivity contribution in [3.05, 3.63) is 35.1 Å². The van der Waals surface area contributed by atoms with Crippen LogP contribution in [0.4, 0.5) is 4.39 Å². The average molecular weight is 267 g/mol. The minimum Gasteiger partial charge on any atom is -0.481 e. The third kappa shape index (κ3) is 3.77. The Morgan fingerprint density at radius 3 is 2.53 bits per heavy atom. The van der Waals surface area contributed by atoms with E-state index >= 15 is 0 Å². The topological polar surface area (TPSA) is 57.6 Å². The minimum atomic E-state index is -0.949. The van der Waals surface area contributed by atoms with Crippen molar-refractivity contribution in [3.8, 4) is 0 Å². The van der Waals surface area contributed by atoms with E-state index in [-0.39, 0.29) is 12.3 Å². The van der Waals surface area contributed by atoms with Crippen molar-refractivity contribution in [2.75, 3.05) is 6.54 Å². The maximum Gasteiger partial charge on any atom is 0.305 e. The van der Waals surface area contributed by atoms with E-state index in [2.05, 4.69) is 0 Å². The number of amides is 1. The van der Waals surface area contributed by atoms with Gasteiger partial charge in [-0.05, 0) is 44.5 Å². The summed E-state index contributed by atoms with van der Waals surface area (Å²) in [7, 11) is 0. The number of aryl methyl sites for hydroxylation is 1. The summed E-state index contributed by atoms with van der Waals surface area (Å²) in [5.41, 5.74) is 0.950. The maximum absolute atomic E-state index is 13.0. The van der Waals surface area contributed by atoms with Crippen molar-refractivity contribution in [2.45, 2.75) is 33.2 Å². The van der Waals surface area contributed by atoms with Crippen molar-refractivity contribution in [3.63, 3.8) is 0 Å². The zero-order valence-electron chi connectivity index (χ0n) is 11.3. The molecule has 104 valence electrons. The van der Waals surface area contributed by atoms with E-state index < -0.39 is 17.8 Å². The summed E-state index contributed by atoms with van der Waals surface area (Å²) >= 11 is 0. The van der Waals surface area contributed by atoms with Crippen LogP contribution < -0.4 is 0 Å². The maximum atomic E-state index is 13.0. The van der Waals surface area contributed by atoms with Crippen molar-refractivity contribution in [1.29, 1.82) is 0 Å². The second kappa shape index (κ2) is 6.31. The molecule has 0 heterocycles. The lowest BCUT2D eigenvalue weighted by molar-refractivity contribution is -0.138. The van der Waals surface area contributed by atoms with Crippen LogP contribution in [0.1, 0.15) is 36.2 Å². The van der Waals surface area contributed by atoms with Crippen LogP contribution >= 0.6 is 0 Å². The number of hydrogen-bond acceptors (Lipinski definition) is 2. The molecule has 0 saturated heterocycles. The van der Waals surface area contributed by atoms with Gasteiger partial charge in [-0.25, -0.2) is 4.39 Å². The van der Waals surface area contributed by atoms with Crippen LogP contribution in [-0.4, -0.2) is 34.5 Å². The number of benzene rings is 1. The van der Waals surface area contributed by atoms with Gasteiger partial charge < -0.3 is 10.0 Å². The molecule has 1 atom stereocenters. The zero-order valence-corrected chi connectivity index (χ0v) is 11.3. The molecule has 1 amide bonds. The minimum absolute atomic E-state index is 0.111. The van der Waals surface area contributed by atoms with Crippen LogP contribution in [-0.2, 0) is 4.79 Å². The predicted molar refractivity (Wildman–Crippen MR) is 69.6 cm³/mol. The molecule has 1 unspecified atom stereocenters. The number of rotatable bonds is 5. The number of halogens is 1. The second-order valence-corrected chi connectivity index (χ2v) is 4.50. The van der Waals surface area contributed by atoms with Gasteiger partial charge in [0.05, 0.1) is 6.42 Å². The number of nitrogens with zero attached hydrogens (tertiary/aromatic N) is 1. The molecule has 1 N–H and O–H groups in total. The van der Waals surface area contributed by atoms with Crippen LogP contribution in [0.2, 0.25) is 0 Å². The van der Waals surface area contributed by atoms with Crippen LogP contribution in [0.3, 0.4) is 0 Å². The third-order valence-electron chi connectivity index (χ3n) is 3.02. The highest BCUT2D eigenvalue weighted by atomic mass is 19.1. The average Bonchev–Trinajstić information content (AvgIpc) is 2.28. The molecule has 1 rings (SSSR count). The largest absolute Gasteiger partial charge is 0.481 e. The van der Waals surface area contributed by atoms with Crippen molar-refractivity contribution in [2.24, 2.45) is 0 Å². The Labute approximate surface area is 111 Å². The second-order valence-electron chi connectivity index (χ2n) is 4.50. The molecular formula is C14H18FNO3. The molecule has 0 spiro atoms. The van der Waals surface area contributed by atoms with Crippen molar-refractivity contribution < 1.29 is 19.1 Å². The van der Waals surface area contributed by atoms with E-state index in [0.29, 0.717) is 17.7 Å². The first-order chi connectivity index (χ1) is 8.86. The van der Waals surface area contributed by atoms with Gasteiger partial charge in [-0.15, -0.1) is 0 Å². The van der Waals surface area contributed by atoms with Crippen LogP contribution in [0, 0.1) is 12.7 Å². The first-order valence-corrected chi connectivity index (χ1v) is 6.15. The molecule has 0 bridgehead atoms. The predicted octanol–water partition coefficient (Wildman–Crippen LogP) is 2.46. The Morgan fingerprint density at radius 2 is 2.05 bits per heavy atom. The molecule has 5 heteroatoms. The number of hydrogen-bond donors (Lipinski definition) is 1. The summed E-state index contributed by atoms with van der Waals surface area (Å²) in [4.78, 5) is 24.5. The number of aliphatic carboxylic acids is 1. The monoisotopic (exact) mass is 267 g/mol. The van der Waals surface area contributed by atoms with E-state index in [9.17, 15) is 14.0 Å². The highest BCUT2D eigenvalue weighted by Gasteiger charge is 2.23. The van der Waals surface area contributed by atoms with Gasteiger partial charge in [-0.3, -0.25) is 9.59 Å². The number of carbonyl (C=O) groups is 2. The summed E-state index contributed by atoms with van der Waals surface area (Å²) in [6.07, 6.45) is -0.111. The summed E-state index contributed by atoms with van der Waals surface area (Å²) in [6.45, 7) is 5.54. The van der Waals surface area contributed by atoms with E-state index in [0.717, 1.165) is 0 Å². The van der Waals surface area contributed by atoms with Crippen LogP contribution in [0.25, 0.3) is 0 Å². The third-order valence-corrected chi connectivity index (χ3v) is 3.02. The summed E-state index contributed by atoms with van der Waals surface area (Å²) in [5.74, 6) is -1.61. The van der Waals surface area contributed by atoms with E-state index in [1.807, 2.05) is 0 Å². The van der Waals surface area contributed by atoms with Gasteiger partial charge in [0.15, 0.2) is 0 Å². The van der Waals surface area contributed by atoms with Crippen molar-refractivity contribution >= 4 is 11.9 Å². The fraction of sp³-hybridized carbons (Fsp3) is 0.429. The molecule has 19 heavy (non-hydrogen) atoms. The van der Waals surface area contributed by atoms with Crippen LogP contribution in [0.15, 0.2) is 18.2 Å². The molecule has 0 fully saturated rings. The van der Waals surface area contributed by atoms with E-state index in [4.69, 9.17) is 5.11 Å². The summed E-state index contributed by atoms with van der Waals surface area (Å²) in [5, 5.41) is 8.78. The van der Waals surface area contributed by atoms with Gasteiger partial charge in [-0.2, -0.15) is 0 Å². The molecule has 0 aliphatic carbocycles. The fourth-order valence-electron chi connectivity index (χ4n) is 2.04. The Bertz CT molecular complexity index is 488. The lowest BCUT2D eigenvalue weighted by Gasteiger charge is -2.27. The molecule has 4 nitrogen and oxygen atoms in total. The van der Waals surface area contributed by atoms with E-state index in [1.54, 1.807) is 20.8 Å². The first-order valence-electron chi connectivity index (χ1n) is 6.15. The molecule has 0 aliphatic rings. The Hall–Kier alpha value is -1.91. The van der Waals surface area contributed by atoms with Crippen molar-refractivity contribution in [1.82, 2.24) is 4.90 Å². The number of carboxylic acids is 1. The first kappa shape index (κ1) is 15.1.